The topological polar surface area (TPSA) is 78.4 Å². The van der Waals surface area contributed by atoms with Crippen molar-refractivity contribution in [2.24, 2.45) is 0 Å². The van der Waals surface area contributed by atoms with E-state index in [1.807, 2.05) is 0 Å². The summed E-state index contributed by atoms with van der Waals surface area (Å²) in [5.74, 6) is 1.22. The van der Waals surface area contributed by atoms with Crippen LogP contribution in [0.5, 0.6) is 0 Å². The van der Waals surface area contributed by atoms with Gasteiger partial charge in [0, 0.05) is 18.7 Å². The van der Waals surface area contributed by atoms with E-state index in [1.165, 1.54) is 18.2 Å². The van der Waals surface area contributed by atoms with Crippen molar-refractivity contribution in [3.63, 3.8) is 0 Å². The summed E-state index contributed by atoms with van der Waals surface area (Å²) in [5, 5.41) is 14.0. The van der Waals surface area contributed by atoms with Gasteiger partial charge in [-0.1, -0.05) is 11.6 Å². The highest BCUT2D eigenvalue weighted by molar-refractivity contribution is 6.33. The number of anilines is 1. The van der Waals surface area contributed by atoms with Gasteiger partial charge in [0.05, 0.1) is 10.6 Å². The molecule has 0 spiro atoms. The van der Waals surface area contributed by atoms with Crippen LogP contribution in [0.15, 0.2) is 18.2 Å². The first kappa shape index (κ1) is 13.9. The number of aromatic carboxylic acids is 1. The van der Waals surface area contributed by atoms with Crippen molar-refractivity contribution in [1.29, 1.82) is 0 Å². The van der Waals surface area contributed by atoms with Crippen molar-refractivity contribution >= 4 is 29.3 Å². The Balaban J connectivity index is 2.68. The fourth-order valence-electron chi connectivity index (χ4n) is 1.19. The predicted molar refractivity (Wildman–Crippen MR) is 68.9 cm³/mol. The first-order valence-electron chi connectivity index (χ1n) is 5.05. The molecule has 5 nitrogen and oxygen atoms in total. The van der Waals surface area contributed by atoms with Crippen molar-refractivity contribution in [2.75, 3.05) is 11.9 Å². The molecule has 3 N–H and O–H groups in total. The molecular weight excluding hydrogens is 256 g/mol. The van der Waals surface area contributed by atoms with Gasteiger partial charge >= 0.3 is 12.0 Å². The Kier molecular flexibility index (Phi) is 5.03. The van der Waals surface area contributed by atoms with Gasteiger partial charge in [0.1, 0.15) is 0 Å². The molecule has 0 unspecified atom stereocenters. The third-order valence-corrected chi connectivity index (χ3v) is 2.34. The third kappa shape index (κ3) is 4.00. The summed E-state index contributed by atoms with van der Waals surface area (Å²) in [7, 11) is 0. The van der Waals surface area contributed by atoms with E-state index in [9.17, 15) is 9.59 Å². The van der Waals surface area contributed by atoms with Crippen LogP contribution in [0.1, 0.15) is 16.8 Å². The molecule has 1 aromatic carbocycles. The molecule has 0 radical (unpaired) electrons. The van der Waals surface area contributed by atoms with Crippen LogP contribution in [0.3, 0.4) is 0 Å². The second-order valence-corrected chi connectivity index (χ2v) is 3.74. The highest BCUT2D eigenvalue weighted by Gasteiger charge is 2.10. The summed E-state index contributed by atoms with van der Waals surface area (Å²) >= 11 is 5.70. The molecule has 18 heavy (non-hydrogen) atoms. The van der Waals surface area contributed by atoms with Crippen LogP contribution in [-0.4, -0.2) is 23.7 Å². The molecule has 0 aliphatic rings. The molecule has 1 aromatic rings. The molecule has 0 atom stereocenters. The predicted octanol–water partition coefficient (Wildman–Crippen LogP) is 2.18. The third-order valence-electron chi connectivity index (χ3n) is 2.01. The van der Waals surface area contributed by atoms with Gasteiger partial charge in [-0.25, -0.2) is 9.59 Å². The van der Waals surface area contributed by atoms with Crippen molar-refractivity contribution in [2.45, 2.75) is 6.42 Å². The lowest BCUT2D eigenvalue weighted by atomic mass is 10.2. The number of benzene rings is 1. The molecule has 0 saturated carbocycles. The smallest absolute Gasteiger partial charge is 0.337 e. The number of rotatable bonds is 4. The zero-order valence-electron chi connectivity index (χ0n) is 9.37. The van der Waals surface area contributed by atoms with Crippen LogP contribution >= 0.6 is 11.6 Å². The van der Waals surface area contributed by atoms with E-state index in [0.717, 1.165) is 0 Å². The van der Waals surface area contributed by atoms with E-state index in [0.29, 0.717) is 18.7 Å². The van der Waals surface area contributed by atoms with E-state index in [-0.39, 0.29) is 10.6 Å². The maximum absolute atomic E-state index is 11.4. The average Bonchev–Trinajstić information content (AvgIpc) is 2.31. The minimum Gasteiger partial charge on any atom is -0.478 e. The molecule has 0 heterocycles. The summed E-state index contributed by atoms with van der Waals surface area (Å²) in [5.41, 5.74) is 0.271. The van der Waals surface area contributed by atoms with Crippen LogP contribution in [-0.2, 0) is 0 Å². The van der Waals surface area contributed by atoms with Crippen LogP contribution in [0, 0.1) is 12.3 Å². The number of hydrogen-bond acceptors (Lipinski definition) is 2. The van der Waals surface area contributed by atoms with E-state index in [1.54, 1.807) is 0 Å². The Hall–Kier alpha value is -2.19. The highest BCUT2D eigenvalue weighted by Crippen LogP contribution is 2.20. The maximum atomic E-state index is 11.4. The number of amides is 2. The fraction of sp³-hybridized carbons (Fsp3) is 0.167. The van der Waals surface area contributed by atoms with E-state index in [2.05, 4.69) is 16.6 Å². The lowest BCUT2D eigenvalue weighted by molar-refractivity contribution is 0.0697. The Labute approximate surface area is 109 Å². The van der Waals surface area contributed by atoms with Gasteiger partial charge in [0.25, 0.3) is 0 Å². The molecule has 1 rings (SSSR count). The van der Waals surface area contributed by atoms with E-state index >= 15 is 0 Å². The zero-order chi connectivity index (χ0) is 13.5. The molecule has 0 aromatic heterocycles. The number of carbonyl (C=O) groups is 2. The molecule has 0 saturated heterocycles. The van der Waals surface area contributed by atoms with Crippen molar-refractivity contribution in [1.82, 2.24) is 5.32 Å². The van der Waals surface area contributed by atoms with Gasteiger partial charge in [0.2, 0.25) is 0 Å². The Morgan fingerprint density at radius 2 is 2.17 bits per heavy atom. The first-order valence-corrected chi connectivity index (χ1v) is 5.43. The molecule has 6 heteroatoms. The summed E-state index contributed by atoms with van der Waals surface area (Å²) < 4.78 is 0. The zero-order valence-corrected chi connectivity index (χ0v) is 10.1. The standard InChI is InChI=1S/C12H11ClN2O3/c1-2-3-6-14-12(18)15-8-4-5-10(13)9(7-8)11(16)17/h1,4-5,7H,3,6H2,(H,16,17)(H2,14,15,18). The molecule has 0 fully saturated rings. The molecule has 0 bridgehead atoms. The first-order chi connectivity index (χ1) is 8.54. The van der Waals surface area contributed by atoms with Gasteiger partial charge in [-0.15, -0.1) is 12.3 Å². The largest absolute Gasteiger partial charge is 0.478 e. The SMILES string of the molecule is C#CCCNC(=O)Nc1ccc(Cl)c(C(=O)O)c1. The van der Waals surface area contributed by atoms with Gasteiger partial charge in [-0.05, 0) is 18.2 Å². The lowest BCUT2D eigenvalue weighted by Gasteiger charge is -2.07. The second kappa shape index (κ2) is 6.52. The van der Waals surface area contributed by atoms with Gasteiger partial charge in [-0.2, -0.15) is 0 Å². The maximum Gasteiger partial charge on any atom is 0.337 e. The number of hydrogen-bond donors (Lipinski definition) is 3. The number of terminal acetylenes is 1. The van der Waals surface area contributed by atoms with Gasteiger partial charge in [-0.3, -0.25) is 0 Å². The number of carboxylic acids is 1. The highest BCUT2D eigenvalue weighted by atomic mass is 35.5. The minimum absolute atomic E-state index is 0.0712. The van der Waals surface area contributed by atoms with Crippen LogP contribution < -0.4 is 10.6 Å². The van der Waals surface area contributed by atoms with Crippen molar-refractivity contribution < 1.29 is 14.7 Å². The number of nitrogens with one attached hydrogen (secondary N) is 2. The molecule has 94 valence electrons. The summed E-state index contributed by atoms with van der Waals surface area (Å²) in [4.78, 5) is 22.2. The number of carboxylic acid groups (broad SMARTS) is 1. The summed E-state index contributed by atoms with van der Waals surface area (Å²) in [6.07, 6.45) is 5.46. The molecular formula is C12H11ClN2O3. The molecule has 0 aliphatic heterocycles. The monoisotopic (exact) mass is 266 g/mol. The van der Waals surface area contributed by atoms with Crippen molar-refractivity contribution in [3.05, 3.63) is 28.8 Å². The summed E-state index contributed by atoms with van der Waals surface area (Å²) in [6.45, 7) is 0.349. The van der Waals surface area contributed by atoms with E-state index < -0.39 is 12.0 Å². The summed E-state index contributed by atoms with van der Waals surface area (Å²) in [6, 6.07) is 3.74. The average molecular weight is 267 g/mol. The van der Waals surface area contributed by atoms with Crippen molar-refractivity contribution in [3.8, 4) is 12.3 Å². The number of urea groups is 1. The minimum atomic E-state index is -1.16. The molecule has 2 amide bonds. The molecule has 0 aliphatic carbocycles. The lowest BCUT2D eigenvalue weighted by Crippen LogP contribution is -2.29. The normalized spacial score (nSPS) is 9.33. The van der Waals surface area contributed by atoms with Crippen LogP contribution in [0.4, 0.5) is 10.5 Å². The Morgan fingerprint density at radius 3 is 2.78 bits per heavy atom. The number of halogens is 1. The van der Waals surface area contributed by atoms with Gasteiger partial charge < -0.3 is 15.7 Å². The number of carbonyl (C=O) groups excluding carboxylic acids is 1. The fourth-order valence-corrected chi connectivity index (χ4v) is 1.39. The van der Waals surface area contributed by atoms with Gasteiger partial charge in [0.15, 0.2) is 0 Å². The Morgan fingerprint density at radius 1 is 1.44 bits per heavy atom. The Bertz CT molecular complexity index is 509. The van der Waals surface area contributed by atoms with Crippen LogP contribution in [0.25, 0.3) is 0 Å². The van der Waals surface area contributed by atoms with Crippen LogP contribution in [0.2, 0.25) is 5.02 Å². The second-order valence-electron chi connectivity index (χ2n) is 3.33. The van der Waals surface area contributed by atoms with E-state index in [4.69, 9.17) is 23.1 Å². The quantitative estimate of drug-likeness (QED) is 0.577.